The fraction of sp³-hybridized carbons (Fsp3) is 0.294. The van der Waals surface area contributed by atoms with Gasteiger partial charge in [-0.3, -0.25) is 0 Å². The van der Waals surface area contributed by atoms with Gasteiger partial charge >= 0.3 is 12.1 Å². The summed E-state index contributed by atoms with van der Waals surface area (Å²) in [5.41, 5.74) is 0.230. The number of nitrogens with zero attached hydrogens (tertiary/aromatic N) is 1. The van der Waals surface area contributed by atoms with Crippen LogP contribution < -0.4 is 4.74 Å². The lowest BCUT2D eigenvalue weighted by atomic mass is 10.0. The summed E-state index contributed by atoms with van der Waals surface area (Å²) in [5.74, 6) is -1.84. The summed E-state index contributed by atoms with van der Waals surface area (Å²) < 4.78 is 59.9. The lowest BCUT2D eigenvalue weighted by Gasteiger charge is -2.31. The first-order chi connectivity index (χ1) is 12.1. The summed E-state index contributed by atoms with van der Waals surface area (Å²) in [4.78, 5) is 10.8. The molecule has 0 saturated carbocycles. The van der Waals surface area contributed by atoms with E-state index in [1.807, 2.05) is 0 Å². The second-order valence-corrected chi connectivity index (χ2v) is 6.67. The maximum absolute atomic E-state index is 13.5. The lowest BCUT2D eigenvalue weighted by Crippen LogP contribution is -2.34. The molecule has 1 aromatic carbocycles. The van der Waals surface area contributed by atoms with E-state index in [-0.39, 0.29) is 17.0 Å². The maximum atomic E-state index is 13.5. The molecule has 0 bridgehead atoms. The quantitative estimate of drug-likeness (QED) is 0.729. The van der Waals surface area contributed by atoms with Crippen molar-refractivity contribution in [3.8, 4) is 17.0 Å². The number of hydrogen-bond donors (Lipinski definition) is 0. The topological polar surface area (TPSA) is 57.7 Å². The van der Waals surface area contributed by atoms with E-state index in [2.05, 4.69) is 4.37 Å². The molecule has 1 aliphatic rings. The smallest absolute Gasteiger partial charge is 0.427 e. The van der Waals surface area contributed by atoms with Gasteiger partial charge in [-0.25, -0.2) is 4.79 Å². The summed E-state index contributed by atoms with van der Waals surface area (Å²) in [5, 5.41) is 0. The highest BCUT2D eigenvalue weighted by Crippen LogP contribution is 2.45. The van der Waals surface area contributed by atoms with Crippen LogP contribution in [0, 0.1) is 0 Å². The predicted molar refractivity (Wildman–Crippen MR) is 88.3 cm³/mol. The zero-order valence-corrected chi connectivity index (χ0v) is 14.8. The van der Waals surface area contributed by atoms with E-state index in [0.29, 0.717) is 22.8 Å². The van der Waals surface area contributed by atoms with Gasteiger partial charge in [0, 0.05) is 19.4 Å². The minimum absolute atomic E-state index is 0.0710. The minimum atomic E-state index is -4.65. The molecule has 26 heavy (non-hydrogen) atoms. The monoisotopic (exact) mass is 385 g/mol. The Balaban J connectivity index is 2.18. The molecule has 2 heterocycles. The van der Waals surface area contributed by atoms with E-state index in [4.69, 9.17) is 14.2 Å². The van der Waals surface area contributed by atoms with E-state index in [1.165, 1.54) is 21.0 Å². The van der Waals surface area contributed by atoms with Gasteiger partial charge in [0.25, 0.3) is 0 Å². The van der Waals surface area contributed by atoms with Gasteiger partial charge in [-0.1, -0.05) is 0 Å². The predicted octanol–water partition coefficient (Wildman–Crippen LogP) is 4.49. The number of methoxy groups -OCH3 is 1. The third-order valence-electron chi connectivity index (χ3n) is 3.51. The number of rotatable bonds is 3. The highest BCUT2D eigenvalue weighted by Gasteiger charge is 2.42. The number of cyclic esters (lactones) is 1. The molecule has 5 nitrogen and oxygen atoms in total. The summed E-state index contributed by atoms with van der Waals surface area (Å²) in [7, 11) is 1.49. The second kappa shape index (κ2) is 6.31. The third-order valence-corrected chi connectivity index (χ3v) is 4.40. The van der Waals surface area contributed by atoms with Gasteiger partial charge in [0.2, 0.25) is 5.79 Å². The molecule has 0 atom stereocenters. The summed E-state index contributed by atoms with van der Waals surface area (Å²) in [6, 6.07) is 6.40. The molecule has 0 fully saturated rings. The molecule has 2 aromatic rings. The van der Waals surface area contributed by atoms with Crippen molar-refractivity contribution in [1.29, 1.82) is 0 Å². The number of esters is 1. The molecular formula is C17H14F3NO4S. The van der Waals surface area contributed by atoms with Crippen LogP contribution in [-0.4, -0.2) is 23.2 Å². The Morgan fingerprint density at radius 3 is 2.35 bits per heavy atom. The SMILES string of the molecule is COc1ccc(-c2nsc(C(F)(F)F)c2C2=CC(=O)OC(C)(C)O2)cc1. The molecule has 9 heteroatoms. The van der Waals surface area contributed by atoms with Crippen molar-refractivity contribution in [3.05, 3.63) is 40.8 Å². The number of benzene rings is 1. The largest absolute Gasteiger partial charge is 0.497 e. The van der Waals surface area contributed by atoms with Gasteiger partial charge in [-0.2, -0.15) is 17.5 Å². The van der Waals surface area contributed by atoms with Crippen LogP contribution in [0.25, 0.3) is 17.0 Å². The summed E-state index contributed by atoms with van der Waals surface area (Å²) >= 11 is 0.304. The zero-order chi connectivity index (χ0) is 19.1. The Bertz CT molecular complexity index is 869. The van der Waals surface area contributed by atoms with Crippen molar-refractivity contribution in [3.63, 3.8) is 0 Å². The standard InChI is InChI=1S/C17H14F3NO4S/c1-16(2)24-11(8-12(22)25-16)13-14(21-26-15(13)17(18,19)20)9-4-6-10(23-3)7-5-9/h4-8H,1-3H3. The Kier molecular flexibility index (Phi) is 4.43. The highest BCUT2D eigenvalue weighted by molar-refractivity contribution is 7.06. The fourth-order valence-electron chi connectivity index (χ4n) is 2.48. The van der Waals surface area contributed by atoms with Crippen molar-refractivity contribution in [2.24, 2.45) is 0 Å². The fourth-order valence-corrected chi connectivity index (χ4v) is 3.25. The molecule has 1 aromatic heterocycles. The van der Waals surface area contributed by atoms with Crippen LogP contribution in [0.2, 0.25) is 0 Å². The Morgan fingerprint density at radius 2 is 1.81 bits per heavy atom. The molecule has 1 aliphatic heterocycles. The normalized spacial score (nSPS) is 16.5. The van der Waals surface area contributed by atoms with Crippen LogP contribution in [0.15, 0.2) is 30.3 Å². The van der Waals surface area contributed by atoms with Crippen molar-refractivity contribution in [2.75, 3.05) is 7.11 Å². The van der Waals surface area contributed by atoms with Crippen LogP contribution in [0.3, 0.4) is 0 Å². The van der Waals surface area contributed by atoms with Gasteiger partial charge in [0.05, 0.1) is 24.4 Å². The molecule has 3 rings (SSSR count). The molecule has 0 amide bonds. The summed E-state index contributed by atoms with van der Waals surface area (Å²) in [6.45, 7) is 2.88. The highest BCUT2D eigenvalue weighted by atomic mass is 32.1. The molecule has 0 radical (unpaired) electrons. The molecule has 0 unspecified atom stereocenters. The number of carbonyl (C=O) groups is 1. The first kappa shape index (κ1) is 18.2. The van der Waals surface area contributed by atoms with E-state index >= 15 is 0 Å². The second-order valence-electron chi connectivity index (χ2n) is 5.89. The van der Waals surface area contributed by atoms with E-state index < -0.39 is 22.8 Å². The first-order valence-corrected chi connectivity index (χ1v) is 8.23. The van der Waals surface area contributed by atoms with Crippen LogP contribution in [0.5, 0.6) is 5.75 Å². The number of hydrogen-bond acceptors (Lipinski definition) is 6. The zero-order valence-electron chi connectivity index (χ0n) is 14.0. The maximum Gasteiger partial charge on any atom is 0.427 e. The average molecular weight is 385 g/mol. The third kappa shape index (κ3) is 3.52. The van der Waals surface area contributed by atoms with Crippen molar-refractivity contribution < 1.29 is 32.2 Å². The van der Waals surface area contributed by atoms with Crippen LogP contribution in [0.1, 0.15) is 24.3 Å². The molecule has 0 N–H and O–H groups in total. The lowest BCUT2D eigenvalue weighted by molar-refractivity contribution is -0.193. The minimum Gasteiger partial charge on any atom is -0.497 e. The van der Waals surface area contributed by atoms with Crippen LogP contribution in [-0.2, 0) is 20.4 Å². The number of aromatic nitrogens is 1. The number of ether oxygens (including phenoxy) is 3. The van der Waals surface area contributed by atoms with E-state index in [9.17, 15) is 18.0 Å². The number of carbonyl (C=O) groups excluding carboxylic acids is 1. The molecular weight excluding hydrogens is 371 g/mol. The van der Waals surface area contributed by atoms with Gasteiger partial charge in [0.1, 0.15) is 16.4 Å². The van der Waals surface area contributed by atoms with E-state index in [0.717, 1.165) is 6.08 Å². The van der Waals surface area contributed by atoms with Gasteiger partial charge < -0.3 is 14.2 Å². The van der Waals surface area contributed by atoms with Crippen molar-refractivity contribution in [2.45, 2.75) is 25.8 Å². The Morgan fingerprint density at radius 1 is 1.15 bits per heavy atom. The van der Waals surface area contributed by atoms with E-state index in [1.54, 1.807) is 24.3 Å². The van der Waals surface area contributed by atoms with Gasteiger partial charge in [0.15, 0.2) is 0 Å². The molecule has 0 saturated heterocycles. The molecule has 0 aliphatic carbocycles. The van der Waals surface area contributed by atoms with Crippen LogP contribution in [0.4, 0.5) is 13.2 Å². The number of halogens is 3. The van der Waals surface area contributed by atoms with Crippen molar-refractivity contribution in [1.82, 2.24) is 4.37 Å². The van der Waals surface area contributed by atoms with Gasteiger partial charge in [-0.15, -0.1) is 0 Å². The molecule has 138 valence electrons. The van der Waals surface area contributed by atoms with Gasteiger partial charge in [-0.05, 0) is 35.8 Å². The Labute approximate surface area is 151 Å². The summed E-state index contributed by atoms with van der Waals surface area (Å²) in [6.07, 6.45) is -3.75. The first-order valence-electron chi connectivity index (χ1n) is 7.46. The average Bonchev–Trinajstić information content (AvgIpc) is 2.98. The number of alkyl halides is 3. The Hall–Kier alpha value is -2.55. The van der Waals surface area contributed by atoms with Crippen LogP contribution >= 0.6 is 11.5 Å². The van der Waals surface area contributed by atoms with Crippen molar-refractivity contribution >= 4 is 23.3 Å². The molecule has 0 spiro atoms.